The number of carboxylic acid groups (broad SMARTS) is 2. The fourth-order valence-corrected chi connectivity index (χ4v) is 5.32. The molecule has 0 aromatic heterocycles. The number of nitro groups is 2. The van der Waals surface area contributed by atoms with Crippen molar-refractivity contribution in [2.24, 2.45) is 23.7 Å². The number of hydroxylamine groups is 1. The second kappa shape index (κ2) is 14.6. The van der Waals surface area contributed by atoms with Crippen LogP contribution < -0.4 is 10.8 Å². The maximum Gasteiger partial charge on any atom is 0.307 e. The average Bonchev–Trinajstić information content (AvgIpc) is 2.83. The predicted octanol–water partition coefficient (Wildman–Crippen LogP) is 1.48. The van der Waals surface area contributed by atoms with E-state index in [0.29, 0.717) is 45.1 Å². The van der Waals surface area contributed by atoms with Gasteiger partial charge in [0.1, 0.15) is 5.92 Å². The zero-order chi connectivity index (χ0) is 26.7. The molecule has 0 heterocycles. The number of unbranched alkanes of at least 4 members (excludes halogenated alkanes) is 3. The van der Waals surface area contributed by atoms with Gasteiger partial charge < -0.3 is 20.4 Å². The van der Waals surface area contributed by atoms with Crippen LogP contribution in [-0.2, 0) is 19.2 Å². The first-order valence-corrected chi connectivity index (χ1v) is 12.5. The Labute approximate surface area is 208 Å². The summed E-state index contributed by atoms with van der Waals surface area (Å²) >= 11 is 0. The van der Waals surface area contributed by atoms with Gasteiger partial charge in [-0.3, -0.25) is 34.6 Å². The third-order valence-electron chi connectivity index (χ3n) is 7.25. The molecular weight excluding hydrogens is 480 g/mol. The van der Waals surface area contributed by atoms with Crippen LogP contribution in [0.3, 0.4) is 0 Å². The van der Waals surface area contributed by atoms with E-state index in [4.69, 9.17) is 4.84 Å². The molecule has 6 atom stereocenters. The number of nitrogens with one attached hydrogen (secondary N) is 2. The molecule has 14 nitrogen and oxygen atoms in total. The van der Waals surface area contributed by atoms with E-state index in [1.54, 1.807) is 0 Å². The van der Waals surface area contributed by atoms with Gasteiger partial charge in [-0.2, -0.15) is 0 Å². The van der Waals surface area contributed by atoms with Crippen LogP contribution in [-0.4, -0.2) is 69.7 Å². The first-order valence-electron chi connectivity index (χ1n) is 12.5. The molecule has 2 aliphatic rings. The summed E-state index contributed by atoms with van der Waals surface area (Å²) in [6, 6.07) is -2.12. The van der Waals surface area contributed by atoms with Gasteiger partial charge in [0.15, 0.2) is 0 Å². The number of rotatable bonds is 15. The maximum atomic E-state index is 12.5. The molecule has 2 aliphatic carbocycles. The molecular formula is C22H36N4O10. The molecule has 4 N–H and O–H groups in total. The number of amides is 1. The minimum absolute atomic E-state index is 0.0573. The summed E-state index contributed by atoms with van der Waals surface area (Å²) in [5.41, 5.74) is 2.73. The van der Waals surface area contributed by atoms with Crippen molar-refractivity contribution >= 4 is 17.8 Å². The monoisotopic (exact) mass is 516 g/mol. The number of aliphatic carboxylic acids is 2. The van der Waals surface area contributed by atoms with E-state index >= 15 is 0 Å². The first kappa shape index (κ1) is 29.4. The molecule has 0 aromatic carbocycles. The van der Waals surface area contributed by atoms with E-state index in [-0.39, 0.29) is 26.0 Å². The largest absolute Gasteiger partial charge is 0.481 e. The van der Waals surface area contributed by atoms with Crippen molar-refractivity contribution in [2.45, 2.75) is 76.3 Å². The fraction of sp³-hybridized carbons (Fsp3) is 0.864. The highest BCUT2D eigenvalue weighted by atomic mass is 16.6. The number of carbonyl (C=O) groups excluding carboxylic acids is 1. The van der Waals surface area contributed by atoms with Gasteiger partial charge in [0.25, 0.3) is 0 Å². The van der Waals surface area contributed by atoms with E-state index in [1.165, 1.54) is 0 Å². The molecule has 1 amide bonds. The Morgan fingerprint density at radius 2 is 1.36 bits per heavy atom. The highest BCUT2D eigenvalue weighted by Gasteiger charge is 2.48. The summed E-state index contributed by atoms with van der Waals surface area (Å²) in [4.78, 5) is 62.4. The Morgan fingerprint density at radius 3 is 1.94 bits per heavy atom. The van der Waals surface area contributed by atoms with Crippen molar-refractivity contribution in [3.8, 4) is 0 Å². The number of hydrogen-bond donors (Lipinski definition) is 4. The third-order valence-corrected chi connectivity index (χ3v) is 7.25. The van der Waals surface area contributed by atoms with Crippen LogP contribution in [0.4, 0.5) is 0 Å². The van der Waals surface area contributed by atoms with Gasteiger partial charge in [-0.05, 0) is 38.5 Å². The highest BCUT2D eigenvalue weighted by molar-refractivity contribution is 5.85. The van der Waals surface area contributed by atoms with Crippen molar-refractivity contribution < 1.29 is 39.3 Å². The lowest BCUT2D eigenvalue weighted by atomic mass is 9.75. The maximum absolute atomic E-state index is 12.5. The molecule has 36 heavy (non-hydrogen) atoms. The van der Waals surface area contributed by atoms with Crippen LogP contribution in [0.2, 0.25) is 0 Å². The van der Waals surface area contributed by atoms with E-state index in [9.17, 15) is 44.8 Å². The Morgan fingerprint density at radius 1 is 0.806 bits per heavy atom. The zero-order valence-electron chi connectivity index (χ0n) is 20.2. The van der Waals surface area contributed by atoms with Crippen LogP contribution >= 0.6 is 0 Å². The van der Waals surface area contributed by atoms with Crippen molar-refractivity contribution in [3.05, 3.63) is 20.2 Å². The molecule has 204 valence electrons. The van der Waals surface area contributed by atoms with Gasteiger partial charge in [-0.25, -0.2) is 5.48 Å². The smallest absolute Gasteiger partial charge is 0.307 e. The Balaban J connectivity index is 1.62. The molecule has 0 spiro atoms. The topological polar surface area (TPSA) is 211 Å². The molecule has 2 saturated carbocycles. The Kier molecular flexibility index (Phi) is 11.9. The minimum atomic E-state index is -1.19. The quantitative estimate of drug-likeness (QED) is 0.139. The van der Waals surface area contributed by atoms with E-state index in [2.05, 4.69) is 10.8 Å². The van der Waals surface area contributed by atoms with Crippen LogP contribution in [0.25, 0.3) is 0 Å². The summed E-state index contributed by atoms with van der Waals surface area (Å²) in [6.07, 6.45) is 4.95. The molecule has 14 heteroatoms. The Hall–Kier alpha value is -2.87. The SMILES string of the molecule is O=C(O)C1CCCC([N+](=O)[O-])C1CONCCCCCCNC(=O)C1C(C(=O)O)CCCC1[N+](=O)[O-]. The predicted molar refractivity (Wildman–Crippen MR) is 124 cm³/mol. The lowest BCUT2D eigenvalue weighted by molar-refractivity contribution is -0.538. The van der Waals surface area contributed by atoms with Gasteiger partial charge in [-0.1, -0.05) is 12.8 Å². The molecule has 2 fully saturated rings. The number of hydrogen-bond acceptors (Lipinski definition) is 9. The van der Waals surface area contributed by atoms with Crippen molar-refractivity contribution in [1.82, 2.24) is 10.8 Å². The van der Waals surface area contributed by atoms with Crippen molar-refractivity contribution in [1.29, 1.82) is 0 Å². The van der Waals surface area contributed by atoms with E-state index < -0.39 is 63.4 Å². The van der Waals surface area contributed by atoms with Crippen LogP contribution in [0.5, 0.6) is 0 Å². The van der Waals surface area contributed by atoms with Gasteiger partial charge in [0.05, 0.1) is 24.4 Å². The summed E-state index contributed by atoms with van der Waals surface area (Å²) in [7, 11) is 0. The average molecular weight is 517 g/mol. The van der Waals surface area contributed by atoms with E-state index in [1.807, 2.05) is 0 Å². The zero-order valence-corrected chi connectivity index (χ0v) is 20.2. The van der Waals surface area contributed by atoms with Crippen LogP contribution in [0.15, 0.2) is 0 Å². The second-order valence-corrected chi connectivity index (χ2v) is 9.56. The molecule has 6 unspecified atom stereocenters. The number of carbonyl (C=O) groups is 3. The summed E-state index contributed by atoms with van der Waals surface area (Å²) in [5.74, 6) is -6.54. The van der Waals surface area contributed by atoms with Gasteiger partial charge in [0.2, 0.25) is 18.0 Å². The van der Waals surface area contributed by atoms with Crippen molar-refractivity contribution in [2.75, 3.05) is 19.7 Å². The summed E-state index contributed by atoms with van der Waals surface area (Å²) in [6.45, 7) is 0.696. The van der Waals surface area contributed by atoms with Gasteiger partial charge >= 0.3 is 11.9 Å². The summed E-state index contributed by atoms with van der Waals surface area (Å²) < 4.78 is 0. The van der Waals surface area contributed by atoms with Crippen LogP contribution in [0, 0.1) is 43.9 Å². The fourth-order valence-electron chi connectivity index (χ4n) is 5.32. The molecule has 0 aromatic rings. The van der Waals surface area contributed by atoms with Crippen LogP contribution in [0.1, 0.15) is 64.2 Å². The normalized spacial score (nSPS) is 28.2. The standard InChI is InChI=1S/C22H36N4O10/c27-20(19-15(22(30)31)8-6-10-18(19)26(34)35)23-11-3-1-2-4-12-24-36-13-16-14(21(28)29)7-5-9-17(16)25(32)33/h14-19,24H,1-13H2,(H,23,27)(H,28,29)(H,30,31). The van der Waals surface area contributed by atoms with E-state index in [0.717, 1.165) is 12.8 Å². The third kappa shape index (κ3) is 8.36. The van der Waals surface area contributed by atoms with Crippen molar-refractivity contribution in [3.63, 3.8) is 0 Å². The molecule has 2 rings (SSSR count). The first-order chi connectivity index (χ1) is 17.1. The summed E-state index contributed by atoms with van der Waals surface area (Å²) in [5, 5.41) is 43.9. The van der Waals surface area contributed by atoms with Gasteiger partial charge in [0, 0.05) is 35.8 Å². The minimum Gasteiger partial charge on any atom is -0.481 e. The molecule has 0 radical (unpaired) electrons. The van der Waals surface area contributed by atoms with Gasteiger partial charge in [-0.15, -0.1) is 0 Å². The lowest BCUT2D eigenvalue weighted by Gasteiger charge is -2.30. The lowest BCUT2D eigenvalue weighted by Crippen LogP contribution is -2.49. The number of carboxylic acids is 2. The highest BCUT2D eigenvalue weighted by Crippen LogP contribution is 2.33. The molecule has 0 aliphatic heterocycles. The second-order valence-electron chi connectivity index (χ2n) is 9.56. The molecule has 0 bridgehead atoms. The molecule has 0 saturated heterocycles. The number of nitrogens with zero attached hydrogens (tertiary/aromatic N) is 2. The Bertz CT molecular complexity index is 751.